The second-order valence-electron chi connectivity index (χ2n) is 9.62. The topological polar surface area (TPSA) is 106 Å². The number of hydrogen-bond acceptors (Lipinski definition) is 8. The fourth-order valence-corrected chi connectivity index (χ4v) is 5.19. The molecule has 1 saturated heterocycles. The number of aromatic carboxylic acids is 1. The number of carboxylic acid groups (broad SMARTS) is 1. The summed E-state index contributed by atoms with van der Waals surface area (Å²) >= 11 is 1.24. The highest BCUT2D eigenvalue weighted by Gasteiger charge is 2.27. The molecule has 186 valence electrons. The summed E-state index contributed by atoms with van der Waals surface area (Å²) in [6, 6.07) is 11.3. The van der Waals surface area contributed by atoms with Gasteiger partial charge in [0.2, 0.25) is 0 Å². The van der Waals surface area contributed by atoms with Crippen molar-refractivity contribution in [2.24, 2.45) is 5.41 Å². The minimum Gasteiger partial charge on any atom is -0.497 e. The Morgan fingerprint density at radius 1 is 1.14 bits per heavy atom. The van der Waals surface area contributed by atoms with Crippen LogP contribution in [-0.2, 0) is 6.54 Å². The smallest absolute Gasteiger partial charge is 0.355 e. The van der Waals surface area contributed by atoms with Gasteiger partial charge >= 0.3 is 5.97 Å². The first-order chi connectivity index (χ1) is 17.3. The van der Waals surface area contributed by atoms with Gasteiger partial charge < -0.3 is 14.7 Å². The van der Waals surface area contributed by atoms with E-state index < -0.39 is 5.97 Å². The molecule has 36 heavy (non-hydrogen) atoms. The van der Waals surface area contributed by atoms with Gasteiger partial charge in [0, 0.05) is 24.2 Å². The molecule has 0 aliphatic carbocycles. The molecule has 5 rings (SSSR count). The van der Waals surface area contributed by atoms with Gasteiger partial charge in [-0.25, -0.2) is 24.4 Å². The van der Waals surface area contributed by atoms with E-state index in [9.17, 15) is 9.90 Å². The molecule has 9 nitrogen and oxygen atoms in total. The maximum atomic E-state index is 11.7. The van der Waals surface area contributed by atoms with Crippen LogP contribution in [0, 0.1) is 5.41 Å². The lowest BCUT2D eigenvalue weighted by molar-refractivity contribution is 0.0686. The number of hydrogen-bond donors (Lipinski definition) is 1. The Morgan fingerprint density at radius 3 is 2.58 bits per heavy atom. The molecule has 0 radical (unpaired) electrons. The highest BCUT2D eigenvalue weighted by Crippen LogP contribution is 2.35. The van der Waals surface area contributed by atoms with Crippen molar-refractivity contribution >= 4 is 34.7 Å². The monoisotopic (exact) mass is 504 g/mol. The Labute approximate surface area is 213 Å². The predicted octanol–water partition coefficient (Wildman–Crippen LogP) is 4.75. The van der Waals surface area contributed by atoms with Crippen molar-refractivity contribution in [1.82, 2.24) is 24.7 Å². The van der Waals surface area contributed by atoms with Gasteiger partial charge in [-0.15, -0.1) is 0 Å². The molecular formula is C26H28N6O3S. The van der Waals surface area contributed by atoms with Crippen molar-refractivity contribution in [3.05, 3.63) is 60.0 Å². The first kappa shape index (κ1) is 24.1. The van der Waals surface area contributed by atoms with Crippen LogP contribution in [0.3, 0.4) is 0 Å². The number of pyridine rings is 1. The average molecular weight is 505 g/mol. The fraction of sp³-hybridized carbons (Fsp3) is 0.346. The average Bonchev–Trinajstić information content (AvgIpc) is 3.21. The Morgan fingerprint density at radius 2 is 1.89 bits per heavy atom. The number of methoxy groups -OCH3 is 1. The summed E-state index contributed by atoms with van der Waals surface area (Å²) in [5.74, 6) is 0.535. The van der Waals surface area contributed by atoms with E-state index in [0.29, 0.717) is 33.0 Å². The molecule has 1 aliphatic heterocycles. The van der Waals surface area contributed by atoms with E-state index in [-0.39, 0.29) is 5.69 Å². The van der Waals surface area contributed by atoms with Gasteiger partial charge in [-0.3, -0.25) is 0 Å². The number of benzene rings is 1. The van der Waals surface area contributed by atoms with E-state index in [1.54, 1.807) is 25.4 Å². The van der Waals surface area contributed by atoms with Crippen molar-refractivity contribution < 1.29 is 14.6 Å². The van der Waals surface area contributed by atoms with E-state index in [4.69, 9.17) is 19.8 Å². The largest absolute Gasteiger partial charge is 0.497 e. The predicted molar refractivity (Wildman–Crippen MR) is 138 cm³/mol. The van der Waals surface area contributed by atoms with Crippen LogP contribution in [-0.4, -0.2) is 56.0 Å². The first-order valence-electron chi connectivity index (χ1n) is 11.8. The molecule has 4 aromatic rings. The van der Waals surface area contributed by atoms with Gasteiger partial charge in [0.05, 0.1) is 19.9 Å². The number of anilines is 1. The van der Waals surface area contributed by atoms with E-state index in [2.05, 4.69) is 23.7 Å². The van der Waals surface area contributed by atoms with Crippen molar-refractivity contribution in [2.75, 3.05) is 25.1 Å². The van der Waals surface area contributed by atoms with Gasteiger partial charge in [-0.05, 0) is 48.1 Å². The minimum absolute atomic E-state index is 0.0131. The zero-order valence-corrected chi connectivity index (χ0v) is 21.3. The number of piperidine rings is 1. The maximum Gasteiger partial charge on any atom is 0.355 e. The second kappa shape index (κ2) is 9.77. The van der Waals surface area contributed by atoms with E-state index in [1.807, 2.05) is 28.9 Å². The summed E-state index contributed by atoms with van der Waals surface area (Å²) in [5, 5.41) is 15.0. The zero-order chi connectivity index (χ0) is 25.3. The number of fused-ring (bicyclic) bond motifs is 1. The number of carboxylic acids is 1. The minimum atomic E-state index is -1.08. The molecule has 0 spiro atoms. The van der Waals surface area contributed by atoms with Crippen molar-refractivity contribution in [3.8, 4) is 5.75 Å². The standard InChI is InChI=1S/C26H28N6O3S/c1-26(2)10-13-31(14-11-26)20-15-28-22-23(29-20)32(16-17-6-8-18(35-3)9-7-17)30-24(22)36-19-5-4-12-27-21(19)25(33)34/h4-9,12,15H,10-11,13-14,16H2,1-3H3,(H,33,34). The molecule has 0 bridgehead atoms. The molecule has 1 N–H and O–H groups in total. The number of carbonyl (C=O) groups is 1. The highest BCUT2D eigenvalue weighted by atomic mass is 32.2. The summed E-state index contributed by atoms with van der Waals surface area (Å²) in [6.45, 7) is 6.95. The first-order valence-corrected chi connectivity index (χ1v) is 12.6. The lowest BCUT2D eigenvalue weighted by Gasteiger charge is -2.37. The molecule has 1 aromatic carbocycles. The fourth-order valence-electron chi connectivity index (χ4n) is 4.22. The van der Waals surface area contributed by atoms with Gasteiger partial charge in [-0.1, -0.05) is 37.7 Å². The molecule has 1 fully saturated rings. The lowest BCUT2D eigenvalue weighted by Crippen LogP contribution is -2.37. The summed E-state index contributed by atoms with van der Waals surface area (Å²) in [5.41, 5.74) is 2.66. The Hall–Kier alpha value is -3.66. The molecule has 0 unspecified atom stereocenters. The molecule has 0 atom stereocenters. The van der Waals surface area contributed by atoms with Crippen LogP contribution in [0.2, 0.25) is 0 Å². The number of aromatic nitrogens is 5. The van der Waals surface area contributed by atoms with Gasteiger partial charge in [0.15, 0.2) is 16.4 Å². The van der Waals surface area contributed by atoms with Gasteiger partial charge in [-0.2, -0.15) is 5.10 Å². The van der Waals surface area contributed by atoms with Crippen LogP contribution in [0.15, 0.2) is 58.7 Å². The van der Waals surface area contributed by atoms with Crippen LogP contribution in [0.25, 0.3) is 11.2 Å². The van der Waals surface area contributed by atoms with Crippen molar-refractivity contribution in [3.63, 3.8) is 0 Å². The summed E-state index contributed by atoms with van der Waals surface area (Å²) in [6.07, 6.45) is 5.46. The summed E-state index contributed by atoms with van der Waals surface area (Å²) in [7, 11) is 1.64. The van der Waals surface area contributed by atoms with Crippen LogP contribution < -0.4 is 9.64 Å². The molecule has 3 aromatic heterocycles. The third-order valence-corrected chi connectivity index (χ3v) is 7.53. The van der Waals surface area contributed by atoms with Crippen LogP contribution in [0.4, 0.5) is 5.82 Å². The normalized spacial score (nSPS) is 15.2. The number of rotatable bonds is 7. The molecule has 0 amide bonds. The van der Waals surface area contributed by atoms with Crippen LogP contribution in [0.5, 0.6) is 5.75 Å². The number of nitrogens with zero attached hydrogens (tertiary/aromatic N) is 6. The molecule has 0 saturated carbocycles. The quantitative estimate of drug-likeness (QED) is 0.381. The Balaban J connectivity index is 1.54. The molecule has 10 heteroatoms. The second-order valence-corrected chi connectivity index (χ2v) is 10.7. The third-order valence-electron chi connectivity index (χ3n) is 6.51. The van der Waals surface area contributed by atoms with Crippen LogP contribution >= 0.6 is 11.8 Å². The van der Waals surface area contributed by atoms with Crippen molar-refractivity contribution in [2.45, 2.75) is 43.2 Å². The number of ether oxygens (including phenoxy) is 1. The lowest BCUT2D eigenvalue weighted by atomic mass is 9.83. The molecule has 1 aliphatic rings. The SMILES string of the molecule is COc1ccc(Cn2nc(Sc3cccnc3C(=O)O)c3ncc(N4CCC(C)(C)CC4)nc32)cc1. The maximum absolute atomic E-state index is 11.7. The Kier molecular flexibility index (Phi) is 6.53. The van der Waals surface area contributed by atoms with Gasteiger partial charge in [0.25, 0.3) is 0 Å². The van der Waals surface area contributed by atoms with Gasteiger partial charge in [0.1, 0.15) is 17.1 Å². The Bertz CT molecular complexity index is 1390. The molecular weight excluding hydrogens is 476 g/mol. The summed E-state index contributed by atoms with van der Waals surface area (Å²) < 4.78 is 7.11. The summed E-state index contributed by atoms with van der Waals surface area (Å²) in [4.78, 5) is 28.2. The van der Waals surface area contributed by atoms with E-state index in [1.165, 1.54) is 18.0 Å². The van der Waals surface area contributed by atoms with Crippen LogP contribution in [0.1, 0.15) is 42.7 Å². The molecule has 4 heterocycles. The zero-order valence-electron chi connectivity index (χ0n) is 20.5. The highest BCUT2D eigenvalue weighted by molar-refractivity contribution is 7.99. The van der Waals surface area contributed by atoms with Crippen molar-refractivity contribution in [1.29, 1.82) is 0 Å². The third kappa shape index (κ3) is 4.99. The van der Waals surface area contributed by atoms with E-state index in [0.717, 1.165) is 43.1 Å². The van der Waals surface area contributed by atoms with E-state index >= 15 is 0 Å².